The Morgan fingerprint density at radius 1 is 1.03 bits per heavy atom. The van der Waals surface area contributed by atoms with Crippen molar-refractivity contribution in [2.45, 2.75) is 25.2 Å². The first-order valence-electron chi connectivity index (χ1n) is 10.4. The van der Waals surface area contributed by atoms with E-state index in [9.17, 15) is 13.2 Å². The Hall–Kier alpha value is -3.40. The molecule has 1 aliphatic heterocycles. The number of thiocarbonyl (C=S) groups is 1. The molecule has 3 heterocycles. The van der Waals surface area contributed by atoms with Crippen LogP contribution in [0.3, 0.4) is 0 Å². The molecular formula is C23H22F3N5OS. The zero-order valence-electron chi connectivity index (χ0n) is 17.5. The number of piperidine rings is 1. The highest BCUT2D eigenvalue weighted by Crippen LogP contribution is 2.30. The summed E-state index contributed by atoms with van der Waals surface area (Å²) in [5.74, 6) is 0.533. The maximum atomic E-state index is 12.5. The Labute approximate surface area is 194 Å². The van der Waals surface area contributed by atoms with Gasteiger partial charge in [0, 0.05) is 31.5 Å². The molecule has 2 N–H and O–H groups in total. The lowest BCUT2D eigenvalue weighted by Gasteiger charge is -2.33. The van der Waals surface area contributed by atoms with Gasteiger partial charge in [-0.3, -0.25) is 4.98 Å². The van der Waals surface area contributed by atoms with E-state index < -0.39 is 6.36 Å². The molecule has 0 spiro atoms. The number of aromatic nitrogens is 2. The lowest BCUT2D eigenvalue weighted by atomic mass is 10.0. The molecule has 0 amide bonds. The van der Waals surface area contributed by atoms with E-state index in [1.54, 1.807) is 30.7 Å². The minimum Gasteiger partial charge on any atom is -0.406 e. The standard InChI is InChI=1S/C23H22F3N5OS/c24-23(25,26)32-20-5-1-3-16(13-20)17-6-10-28-21(14-17)31-11-7-18(8-12-31)29-22(33)30-19-4-2-9-27-15-19/h1-6,9-10,13-15,18H,7-8,11-12H2,(H2,29,30,33). The molecule has 1 saturated heterocycles. The van der Waals surface area contributed by atoms with E-state index in [0.29, 0.717) is 10.7 Å². The molecule has 10 heteroatoms. The topological polar surface area (TPSA) is 62.3 Å². The van der Waals surface area contributed by atoms with Crippen LogP contribution in [0.5, 0.6) is 5.75 Å². The number of halogens is 3. The van der Waals surface area contributed by atoms with Crippen molar-refractivity contribution in [1.82, 2.24) is 15.3 Å². The van der Waals surface area contributed by atoms with Gasteiger partial charge in [0.05, 0.1) is 11.9 Å². The molecule has 0 atom stereocenters. The number of hydrogen-bond acceptors (Lipinski definition) is 5. The molecule has 33 heavy (non-hydrogen) atoms. The summed E-state index contributed by atoms with van der Waals surface area (Å²) in [6.45, 7) is 1.56. The summed E-state index contributed by atoms with van der Waals surface area (Å²) in [7, 11) is 0. The van der Waals surface area contributed by atoms with E-state index in [1.807, 2.05) is 18.2 Å². The van der Waals surface area contributed by atoms with Gasteiger partial charge >= 0.3 is 6.36 Å². The quantitative estimate of drug-likeness (QED) is 0.506. The number of hydrogen-bond donors (Lipinski definition) is 2. The van der Waals surface area contributed by atoms with Crippen LogP contribution >= 0.6 is 12.2 Å². The van der Waals surface area contributed by atoms with Crippen LogP contribution < -0.4 is 20.3 Å². The smallest absolute Gasteiger partial charge is 0.406 e. The molecule has 0 saturated carbocycles. The van der Waals surface area contributed by atoms with Crippen molar-refractivity contribution in [3.05, 3.63) is 67.1 Å². The van der Waals surface area contributed by atoms with Crippen molar-refractivity contribution < 1.29 is 17.9 Å². The van der Waals surface area contributed by atoms with Crippen LogP contribution in [-0.2, 0) is 0 Å². The Balaban J connectivity index is 1.35. The highest BCUT2D eigenvalue weighted by atomic mass is 32.1. The molecule has 0 bridgehead atoms. The molecule has 2 aromatic heterocycles. The van der Waals surface area contributed by atoms with Gasteiger partial charge in [-0.15, -0.1) is 13.2 Å². The average molecular weight is 474 g/mol. The molecule has 0 unspecified atom stereocenters. The predicted octanol–water partition coefficient (Wildman–Crippen LogP) is 5.00. The Kier molecular flexibility index (Phi) is 6.93. The van der Waals surface area contributed by atoms with Crippen LogP contribution in [0.25, 0.3) is 11.1 Å². The normalized spacial score (nSPS) is 14.6. The van der Waals surface area contributed by atoms with Crippen LogP contribution in [0.2, 0.25) is 0 Å². The van der Waals surface area contributed by atoms with Crippen molar-refractivity contribution in [3.63, 3.8) is 0 Å². The van der Waals surface area contributed by atoms with E-state index >= 15 is 0 Å². The lowest BCUT2D eigenvalue weighted by molar-refractivity contribution is -0.274. The summed E-state index contributed by atoms with van der Waals surface area (Å²) in [4.78, 5) is 10.7. The molecule has 1 aliphatic rings. The van der Waals surface area contributed by atoms with Gasteiger partial charge in [0.1, 0.15) is 11.6 Å². The molecule has 3 aromatic rings. The zero-order chi connectivity index (χ0) is 23.3. The summed E-state index contributed by atoms with van der Waals surface area (Å²) in [6.07, 6.45) is 2.09. The summed E-state index contributed by atoms with van der Waals surface area (Å²) in [5, 5.41) is 7.03. The molecular weight excluding hydrogens is 451 g/mol. The zero-order valence-corrected chi connectivity index (χ0v) is 18.4. The minimum atomic E-state index is -4.73. The summed E-state index contributed by atoms with van der Waals surface area (Å²) >= 11 is 5.40. The van der Waals surface area contributed by atoms with Crippen LogP contribution in [-0.4, -0.2) is 40.6 Å². The second-order valence-electron chi connectivity index (χ2n) is 7.58. The second kappa shape index (κ2) is 10.0. The Bertz CT molecular complexity index is 1090. The molecule has 4 rings (SSSR count). The number of pyridine rings is 2. The Morgan fingerprint density at radius 3 is 2.55 bits per heavy atom. The average Bonchev–Trinajstić information content (AvgIpc) is 2.79. The summed E-state index contributed by atoms with van der Waals surface area (Å²) in [5.41, 5.74) is 2.23. The maximum absolute atomic E-state index is 12.5. The summed E-state index contributed by atoms with van der Waals surface area (Å²) in [6, 6.07) is 13.6. The highest BCUT2D eigenvalue weighted by Gasteiger charge is 2.31. The van der Waals surface area contributed by atoms with Gasteiger partial charge in [0.15, 0.2) is 5.11 Å². The molecule has 0 aliphatic carbocycles. The highest BCUT2D eigenvalue weighted by molar-refractivity contribution is 7.80. The second-order valence-corrected chi connectivity index (χ2v) is 7.99. The van der Waals surface area contributed by atoms with E-state index in [1.165, 1.54) is 18.2 Å². The fraction of sp³-hybridized carbons (Fsp3) is 0.261. The SMILES string of the molecule is FC(F)(F)Oc1cccc(-c2ccnc(N3CCC(NC(=S)Nc4cccnc4)CC3)c2)c1. The predicted molar refractivity (Wildman–Crippen MR) is 125 cm³/mol. The van der Waals surface area contributed by atoms with E-state index in [0.717, 1.165) is 43.0 Å². The largest absolute Gasteiger partial charge is 0.573 e. The molecule has 1 fully saturated rings. The fourth-order valence-corrected chi connectivity index (χ4v) is 3.97. The monoisotopic (exact) mass is 473 g/mol. The van der Waals surface area contributed by atoms with Crippen LogP contribution in [0.1, 0.15) is 12.8 Å². The number of nitrogens with one attached hydrogen (secondary N) is 2. The first-order valence-corrected chi connectivity index (χ1v) is 10.8. The van der Waals surface area contributed by atoms with Crippen molar-refractivity contribution in [1.29, 1.82) is 0 Å². The van der Waals surface area contributed by atoms with Gasteiger partial charge in [-0.05, 0) is 72.6 Å². The molecule has 6 nitrogen and oxygen atoms in total. The summed E-state index contributed by atoms with van der Waals surface area (Å²) < 4.78 is 41.7. The van der Waals surface area contributed by atoms with Gasteiger partial charge in [0.25, 0.3) is 0 Å². The number of nitrogens with zero attached hydrogens (tertiary/aromatic N) is 3. The number of benzene rings is 1. The van der Waals surface area contributed by atoms with Gasteiger partial charge < -0.3 is 20.3 Å². The van der Waals surface area contributed by atoms with E-state index in [2.05, 4.69) is 30.2 Å². The first kappa shape index (κ1) is 22.8. The molecule has 1 aromatic carbocycles. The minimum absolute atomic E-state index is 0.234. The van der Waals surface area contributed by atoms with Gasteiger partial charge in [-0.1, -0.05) is 12.1 Å². The lowest BCUT2D eigenvalue weighted by Crippen LogP contribution is -2.46. The van der Waals surface area contributed by atoms with Crippen molar-refractivity contribution in [3.8, 4) is 16.9 Å². The fourth-order valence-electron chi connectivity index (χ4n) is 3.69. The number of ether oxygens (including phenoxy) is 1. The third-order valence-corrected chi connectivity index (χ3v) is 5.44. The van der Waals surface area contributed by atoms with Crippen LogP contribution in [0.4, 0.5) is 24.7 Å². The number of alkyl halides is 3. The third-order valence-electron chi connectivity index (χ3n) is 5.22. The van der Waals surface area contributed by atoms with E-state index in [-0.39, 0.29) is 11.8 Å². The number of rotatable bonds is 5. The van der Waals surface area contributed by atoms with Crippen molar-refractivity contribution in [2.75, 3.05) is 23.3 Å². The first-order chi connectivity index (χ1) is 15.9. The third kappa shape index (κ3) is 6.55. The van der Waals surface area contributed by atoms with Crippen molar-refractivity contribution >= 4 is 28.8 Å². The maximum Gasteiger partial charge on any atom is 0.573 e. The van der Waals surface area contributed by atoms with Gasteiger partial charge in [0.2, 0.25) is 0 Å². The van der Waals surface area contributed by atoms with Gasteiger partial charge in [-0.25, -0.2) is 4.98 Å². The van der Waals surface area contributed by atoms with Gasteiger partial charge in [-0.2, -0.15) is 0 Å². The van der Waals surface area contributed by atoms with E-state index in [4.69, 9.17) is 12.2 Å². The van der Waals surface area contributed by atoms with Crippen LogP contribution in [0, 0.1) is 0 Å². The van der Waals surface area contributed by atoms with Crippen LogP contribution in [0.15, 0.2) is 67.1 Å². The Morgan fingerprint density at radius 2 is 1.82 bits per heavy atom. The van der Waals surface area contributed by atoms with Crippen molar-refractivity contribution in [2.24, 2.45) is 0 Å². The molecule has 0 radical (unpaired) electrons. The number of anilines is 2. The molecule has 172 valence electrons.